The Labute approximate surface area is 122 Å². The number of anilines is 2. The second-order valence-corrected chi connectivity index (χ2v) is 6.22. The van der Waals surface area contributed by atoms with Gasteiger partial charge in [0.25, 0.3) is 0 Å². The van der Waals surface area contributed by atoms with Gasteiger partial charge in [-0.05, 0) is 18.8 Å². The summed E-state index contributed by atoms with van der Waals surface area (Å²) in [5.74, 6) is 0.669. The minimum absolute atomic E-state index is 0.248. The summed E-state index contributed by atoms with van der Waals surface area (Å²) in [5, 5.41) is 9.90. The smallest absolute Gasteiger partial charge is 0.343 e. The van der Waals surface area contributed by atoms with E-state index in [1.807, 2.05) is 0 Å². The number of carbonyl (C=O) groups excluding carboxylic acids is 1. The number of nitrogens with zero attached hydrogens (tertiary/aromatic N) is 2. The molecule has 0 spiro atoms. The molecule has 20 heavy (non-hydrogen) atoms. The van der Waals surface area contributed by atoms with Crippen molar-refractivity contribution < 1.29 is 9.53 Å². The Morgan fingerprint density at radius 3 is 2.60 bits per heavy atom. The van der Waals surface area contributed by atoms with Gasteiger partial charge in [0.1, 0.15) is 21.5 Å². The minimum atomic E-state index is -0.440. The molecular formula is C14H19N3O2S. The molecule has 6 heteroatoms. The van der Waals surface area contributed by atoms with Crippen molar-refractivity contribution in [3.63, 3.8) is 0 Å². The first-order chi connectivity index (χ1) is 9.49. The molecule has 2 N–H and O–H groups in total. The van der Waals surface area contributed by atoms with Crippen LogP contribution in [0.15, 0.2) is 0 Å². The number of nitrogens with two attached hydrogens (primary N) is 1. The van der Waals surface area contributed by atoms with Crippen LogP contribution >= 0.6 is 11.3 Å². The number of hydrogen-bond acceptors (Lipinski definition) is 6. The Kier molecular flexibility index (Phi) is 4.19. The largest absolute Gasteiger partial charge is 0.462 e. The van der Waals surface area contributed by atoms with Crippen molar-refractivity contribution in [2.75, 3.05) is 30.3 Å². The van der Waals surface area contributed by atoms with Gasteiger partial charge < -0.3 is 15.4 Å². The Bertz CT molecular complexity index is 552. The quantitative estimate of drug-likeness (QED) is 0.866. The maximum atomic E-state index is 12.1. The number of hydrogen-bond donors (Lipinski definition) is 1. The topological polar surface area (TPSA) is 79.3 Å². The molecule has 1 fully saturated rings. The van der Waals surface area contributed by atoms with E-state index in [0.717, 1.165) is 18.1 Å². The summed E-state index contributed by atoms with van der Waals surface area (Å²) in [7, 11) is 0. The van der Waals surface area contributed by atoms with Gasteiger partial charge in [-0.3, -0.25) is 0 Å². The molecule has 2 unspecified atom stereocenters. The Hall–Kier alpha value is -1.74. The molecule has 0 radical (unpaired) electrons. The first-order valence-electron chi connectivity index (χ1n) is 6.74. The number of nitrogen functional groups attached to an aromatic ring is 1. The number of ether oxygens (including phenoxy) is 1. The lowest BCUT2D eigenvalue weighted by Crippen LogP contribution is -2.21. The maximum Gasteiger partial charge on any atom is 0.343 e. The summed E-state index contributed by atoms with van der Waals surface area (Å²) < 4.78 is 5.07. The van der Waals surface area contributed by atoms with Crippen molar-refractivity contribution in [3.05, 3.63) is 10.4 Å². The second-order valence-electron chi connectivity index (χ2n) is 5.22. The predicted octanol–water partition coefficient (Wildman–Crippen LogP) is 2.47. The summed E-state index contributed by atoms with van der Waals surface area (Å²) in [5.41, 5.74) is 6.55. The van der Waals surface area contributed by atoms with E-state index in [1.165, 1.54) is 11.3 Å². The van der Waals surface area contributed by atoms with E-state index >= 15 is 0 Å². The molecule has 2 rings (SSSR count). The van der Waals surface area contributed by atoms with Gasteiger partial charge >= 0.3 is 5.97 Å². The fraction of sp³-hybridized carbons (Fsp3) is 0.571. The Morgan fingerprint density at radius 1 is 1.50 bits per heavy atom. The number of esters is 1. The fourth-order valence-corrected chi connectivity index (χ4v) is 3.46. The lowest BCUT2D eigenvalue weighted by molar-refractivity contribution is 0.0529. The molecule has 1 aliphatic rings. The molecule has 2 atom stereocenters. The third kappa shape index (κ3) is 2.46. The molecule has 2 heterocycles. The van der Waals surface area contributed by atoms with Crippen LogP contribution < -0.4 is 10.6 Å². The van der Waals surface area contributed by atoms with Crippen molar-refractivity contribution in [1.29, 1.82) is 5.26 Å². The molecule has 1 aromatic heterocycles. The summed E-state index contributed by atoms with van der Waals surface area (Å²) in [6.45, 7) is 8.18. The highest BCUT2D eigenvalue weighted by atomic mass is 32.1. The predicted molar refractivity (Wildman–Crippen MR) is 79.9 cm³/mol. The van der Waals surface area contributed by atoms with Gasteiger partial charge in [0.2, 0.25) is 0 Å². The number of rotatable bonds is 3. The number of nitriles is 1. The van der Waals surface area contributed by atoms with Gasteiger partial charge in [-0.25, -0.2) is 4.79 Å². The van der Waals surface area contributed by atoms with Gasteiger partial charge in [0.15, 0.2) is 0 Å². The normalized spacial score (nSPS) is 21.8. The van der Waals surface area contributed by atoms with Gasteiger partial charge in [-0.15, -0.1) is 11.3 Å². The van der Waals surface area contributed by atoms with Crippen molar-refractivity contribution >= 4 is 28.0 Å². The molecule has 0 bridgehead atoms. The third-order valence-corrected chi connectivity index (χ3v) is 4.95. The van der Waals surface area contributed by atoms with Crippen LogP contribution in [-0.2, 0) is 4.74 Å². The van der Waals surface area contributed by atoms with Gasteiger partial charge in [-0.1, -0.05) is 13.8 Å². The van der Waals surface area contributed by atoms with E-state index in [1.54, 1.807) is 6.92 Å². The maximum absolute atomic E-state index is 12.1. The molecule has 0 aliphatic carbocycles. The average Bonchev–Trinajstić information content (AvgIpc) is 2.90. The Balaban J connectivity index is 2.42. The van der Waals surface area contributed by atoms with E-state index < -0.39 is 5.97 Å². The van der Waals surface area contributed by atoms with E-state index in [2.05, 4.69) is 24.8 Å². The lowest BCUT2D eigenvalue weighted by atomic mass is 10.0. The van der Waals surface area contributed by atoms with Crippen LogP contribution in [0.2, 0.25) is 0 Å². The minimum Gasteiger partial charge on any atom is -0.462 e. The molecule has 1 aliphatic heterocycles. The van der Waals surface area contributed by atoms with Crippen molar-refractivity contribution in [3.8, 4) is 6.07 Å². The van der Waals surface area contributed by atoms with Crippen molar-refractivity contribution in [2.45, 2.75) is 20.8 Å². The molecular weight excluding hydrogens is 274 g/mol. The van der Waals surface area contributed by atoms with Crippen LogP contribution in [0.1, 0.15) is 36.0 Å². The van der Waals surface area contributed by atoms with Gasteiger partial charge in [0, 0.05) is 13.1 Å². The van der Waals surface area contributed by atoms with Gasteiger partial charge in [0.05, 0.1) is 12.3 Å². The second kappa shape index (κ2) is 5.71. The van der Waals surface area contributed by atoms with E-state index in [-0.39, 0.29) is 5.69 Å². The fourth-order valence-electron chi connectivity index (χ4n) is 2.43. The van der Waals surface area contributed by atoms with E-state index in [4.69, 9.17) is 15.7 Å². The zero-order valence-electron chi connectivity index (χ0n) is 12.0. The highest BCUT2D eigenvalue weighted by Crippen LogP contribution is 2.41. The summed E-state index contributed by atoms with van der Waals surface area (Å²) in [6.07, 6.45) is 0. The molecule has 1 saturated heterocycles. The summed E-state index contributed by atoms with van der Waals surface area (Å²) in [6, 6.07) is 2.06. The first-order valence-corrected chi connectivity index (χ1v) is 7.55. The van der Waals surface area contributed by atoms with Crippen molar-refractivity contribution in [1.82, 2.24) is 0 Å². The van der Waals surface area contributed by atoms with Gasteiger partial charge in [-0.2, -0.15) is 5.26 Å². The standard InChI is InChI=1S/C14H19N3O2S/c1-4-19-14(18)11-12(16)10(5-15)20-13(11)17-6-8(2)9(3)7-17/h8-9H,4,6-7,16H2,1-3H3. The van der Waals surface area contributed by atoms with Crippen LogP contribution in [0, 0.1) is 23.2 Å². The van der Waals surface area contributed by atoms with Crippen LogP contribution in [0.5, 0.6) is 0 Å². The molecule has 0 amide bonds. The average molecular weight is 293 g/mol. The highest BCUT2D eigenvalue weighted by molar-refractivity contribution is 7.17. The zero-order valence-corrected chi connectivity index (χ0v) is 12.8. The Morgan fingerprint density at radius 2 is 2.10 bits per heavy atom. The van der Waals surface area contributed by atoms with E-state index in [0.29, 0.717) is 28.9 Å². The number of thiophene rings is 1. The molecule has 1 aromatic rings. The summed E-state index contributed by atoms with van der Waals surface area (Å²) in [4.78, 5) is 14.6. The molecule has 108 valence electrons. The van der Waals surface area contributed by atoms with Crippen LogP contribution in [-0.4, -0.2) is 25.7 Å². The monoisotopic (exact) mass is 293 g/mol. The molecule has 0 saturated carbocycles. The molecule has 0 aromatic carbocycles. The third-order valence-electron chi connectivity index (χ3n) is 3.78. The van der Waals surface area contributed by atoms with Crippen LogP contribution in [0.25, 0.3) is 0 Å². The molecule has 5 nitrogen and oxygen atoms in total. The summed E-state index contributed by atoms with van der Waals surface area (Å²) >= 11 is 1.28. The lowest BCUT2D eigenvalue weighted by Gasteiger charge is -2.17. The van der Waals surface area contributed by atoms with Crippen LogP contribution in [0.4, 0.5) is 10.7 Å². The van der Waals surface area contributed by atoms with Crippen LogP contribution in [0.3, 0.4) is 0 Å². The highest BCUT2D eigenvalue weighted by Gasteiger charge is 2.32. The SMILES string of the molecule is CCOC(=O)c1c(N2CC(C)C(C)C2)sc(C#N)c1N. The zero-order chi connectivity index (χ0) is 14.9. The van der Waals surface area contributed by atoms with Crippen molar-refractivity contribution in [2.24, 2.45) is 11.8 Å². The number of carbonyl (C=O) groups is 1. The van der Waals surface area contributed by atoms with E-state index in [9.17, 15) is 4.79 Å². The first kappa shape index (κ1) is 14.7.